The highest BCUT2D eigenvalue weighted by molar-refractivity contribution is 7.18. The molecule has 0 aliphatic carbocycles. The number of anilines is 1. The molecule has 21 heavy (non-hydrogen) atoms. The number of hydrogen-bond donors (Lipinski definition) is 2. The summed E-state index contributed by atoms with van der Waals surface area (Å²) in [6.45, 7) is 3.48. The third kappa shape index (κ3) is 3.34. The number of esters is 2. The largest absolute Gasteiger partial charge is 0.465 e. The summed E-state index contributed by atoms with van der Waals surface area (Å²) >= 11 is 1.06. The van der Waals surface area contributed by atoms with Crippen LogP contribution in [0, 0.1) is 0 Å². The molecule has 1 aliphatic heterocycles. The number of rotatable bonds is 4. The molecule has 0 radical (unpaired) electrons. The van der Waals surface area contributed by atoms with Crippen LogP contribution in [0.4, 0.5) is 5.00 Å². The van der Waals surface area contributed by atoms with Crippen LogP contribution in [0.3, 0.4) is 0 Å². The smallest absolute Gasteiger partial charge is 0.348 e. The zero-order chi connectivity index (χ0) is 15.4. The van der Waals surface area contributed by atoms with E-state index in [2.05, 4.69) is 0 Å². The van der Waals surface area contributed by atoms with Gasteiger partial charge in [-0.05, 0) is 0 Å². The van der Waals surface area contributed by atoms with Gasteiger partial charge in [-0.2, -0.15) is 0 Å². The summed E-state index contributed by atoms with van der Waals surface area (Å²) in [6, 6.07) is 0. The maximum Gasteiger partial charge on any atom is 0.348 e. The first kappa shape index (κ1) is 15.7. The molecule has 0 aromatic carbocycles. The normalized spacial score (nSPS) is 15.7. The second-order valence-corrected chi connectivity index (χ2v) is 5.72. The molecule has 0 atom stereocenters. The second-order valence-electron chi connectivity index (χ2n) is 4.67. The number of morpholine rings is 1. The van der Waals surface area contributed by atoms with E-state index >= 15 is 0 Å². The molecule has 116 valence electrons. The quantitative estimate of drug-likeness (QED) is 0.715. The fourth-order valence-corrected chi connectivity index (χ4v) is 3.32. The Bertz CT molecular complexity index is 537. The van der Waals surface area contributed by atoms with Crippen LogP contribution in [0.15, 0.2) is 0 Å². The van der Waals surface area contributed by atoms with Crippen molar-refractivity contribution in [3.05, 3.63) is 16.0 Å². The fourth-order valence-electron chi connectivity index (χ4n) is 2.32. The van der Waals surface area contributed by atoms with Crippen molar-refractivity contribution >= 4 is 28.3 Å². The van der Waals surface area contributed by atoms with Gasteiger partial charge in [0.05, 0.1) is 27.4 Å². The van der Waals surface area contributed by atoms with Crippen molar-refractivity contribution in [2.24, 2.45) is 0 Å². The minimum atomic E-state index is -0.526. The van der Waals surface area contributed by atoms with Gasteiger partial charge >= 0.3 is 11.9 Å². The van der Waals surface area contributed by atoms with Crippen molar-refractivity contribution in [2.75, 3.05) is 46.3 Å². The molecule has 1 fully saturated rings. The molecule has 1 saturated heterocycles. The highest BCUT2D eigenvalue weighted by Crippen LogP contribution is 2.32. The third-order valence-electron chi connectivity index (χ3n) is 3.42. The van der Waals surface area contributed by atoms with Crippen LogP contribution in [0.5, 0.6) is 0 Å². The van der Waals surface area contributed by atoms with Crippen molar-refractivity contribution in [3.63, 3.8) is 0 Å². The number of methoxy groups -OCH3 is 2. The van der Waals surface area contributed by atoms with E-state index in [0.29, 0.717) is 30.2 Å². The summed E-state index contributed by atoms with van der Waals surface area (Å²) in [6.07, 6.45) is 0. The summed E-state index contributed by atoms with van der Waals surface area (Å²) in [5, 5.41) is 0.282. The van der Waals surface area contributed by atoms with Crippen LogP contribution in [-0.4, -0.2) is 52.5 Å². The van der Waals surface area contributed by atoms with Gasteiger partial charge in [0.15, 0.2) is 0 Å². The Morgan fingerprint density at radius 2 is 1.86 bits per heavy atom. The zero-order valence-electron chi connectivity index (χ0n) is 12.1. The van der Waals surface area contributed by atoms with Gasteiger partial charge < -0.3 is 24.8 Å². The number of quaternary nitrogens is 1. The summed E-state index contributed by atoms with van der Waals surface area (Å²) in [5.74, 6) is -1.01. The predicted octanol–water partition coefficient (Wildman–Crippen LogP) is -0.681. The van der Waals surface area contributed by atoms with Crippen molar-refractivity contribution in [1.82, 2.24) is 0 Å². The molecular formula is C13H19N2O5S+. The molecule has 1 aliphatic rings. The number of nitrogens with two attached hydrogens (primary N) is 1. The van der Waals surface area contributed by atoms with Crippen LogP contribution in [-0.2, 0) is 20.8 Å². The lowest BCUT2D eigenvalue weighted by Gasteiger charge is -2.24. The molecular weight excluding hydrogens is 296 g/mol. The molecule has 0 spiro atoms. The van der Waals surface area contributed by atoms with Crippen molar-refractivity contribution in [3.8, 4) is 0 Å². The number of carbonyl (C=O) groups is 2. The molecule has 2 rings (SSSR count). The first-order valence-corrected chi connectivity index (χ1v) is 7.39. The van der Waals surface area contributed by atoms with Gasteiger partial charge in [-0.1, -0.05) is 0 Å². The topological polar surface area (TPSA) is 92.3 Å². The first-order valence-electron chi connectivity index (χ1n) is 6.57. The average molecular weight is 315 g/mol. The van der Waals surface area contributed by atoms with Crippen LogP contribution < -0.4 is 10.6 Å². The monoisotopic (exact) mass is 315 g/mol. The Morgan fingerprint density at radius 1 is 1.24 bits per heavy atom. The molecule has 0 bridgehead atoms. The Hall–Kier alpha value is -1.64. The minimum Gasteiger partial charge on any atom is -0.465 e. The summed E-state index contributed by atoms with van der Waals surface area (Å²) in [7, 11) is 2.60. The molecule has 0 saturated carbocycles. The van der Waals surface area contributed by atoms with Crippen LogP contribution in [0.25, 0.3) is 0 Å². The highest BCUT2D eigenvalue weighted by atomic mass is 32.1. The average Bonchev–Trinajstić information content (AvgIpc) is 2.83. The van der Waals surface area contributed by atoms with E-state index in [4.69, 9.17) is 19.9 Å². The molecule has 1 aromatic heterocycles. The lowest BCUT2D eigenvalue weighted by molar-refractivity contribution is -0.921. The standard InChI is InChI=1S/C13H18N2O5S/c1-18-12(16)9-8(7-15-3-5-20-6-4-15)10(13(17)19-2)21-11(9)14/h3-7,14H2,1-2H3/p+1. The Morgan fingerprint density at radius 3 is 2.43 bits per heavy atom. The number of hydrogen-bond acceptors (Lipinski definition) is 7. The summed E-state index contributed by atoms with van der Waals surface area (Å²) in [5.41, 5.74) is 6.78. The number of nitrogens with one attached hydrogen (secondary N) is 1. The van der Waals surface area contributed by atoms with E-state index in [1.807, 2.05) is 0 Å². The van der Waals surface area contributed by atoms with E-state index in [9.17, 15) is 9.59 Å². The summed E-state index contributed by atoms with van der Waals surface area (Å²) < 4.78 is 14.9. The van der Waals surface area contributed by atoms with E-state index in [0.717, 1.165) is 24.4 Å². The molecule has 7 nitrogen and oxygen atoms in total. The van der Waals surface area contributed by atoms with Gasteiger partial charge in [-0.3, -0.25) is 0 Å². The Kier molecular flexibility index (Phi) is 5.16. The Balaban J connectivity index is 2.37. The van der Waals surface area contributed by atoms with Gasteiger partial charge in [0.25, 0.3) is 0 Å². The number of carbonyl (C=O) groups excluding carboxylic acids is 2. The number of thiophene rings is 1. The maximum absolute atomic E-state index is 11.9. The SMILES string of the molecule is COC(=O)c1sc(N)c(C(=O)OC)c1C[NH+]1CCOCC1. The molecule has 8 heteroatoms. The van der Waals surface area contributed by atoms with Crippen molar-refractivity contribution < 1.29 is 28.7 Å². The molecule has 1 aromatic rings. The van der Waals surface area contributed by atoms with Crippen LogP contribution >= 0.6 is 11.3 Å². The minimum absolute atomic E-state index is 0.280. The van der Waals surface area contributed by atoms with Gasteiger partial charge in [0, 0.05) is 5.56 Å². The Labute approximate surface area is 126 Å². The summed E-state index contributed by atoms with van der Waals surface area (Å²) in [4.78, 5) is 25.4. The van der Waals surface area contributed by atoms with Gasteiger partial charge in [-0.15, -0.1) is 11.3 Å². The number of ether oxygens (including phenoxy) is 3. The van der Waals surface area contributed by atoms with Gasteiger partial charge in [0.2, 0.25) is 0 Å². The highest BCUT2D eigenvalue weighted by Gasteiger charge is 2.30. The van der Waals surface area contributed by atoms with Crippen molar-refractivity contribution in [2.45, 2.75) is 6.54 Å². The molecule has 2 heterocycles. The van der Waals surface area contributed by atoms with Gasteiger partial charge in [-0.25, -0.2) is 9.59 Å². The van der Waals surface area contributed by atoms with Crippen LogP contribution in [0.1, 0.15) is 25.6 Å². The zero-order valence-corrected chi connectivity index (χ0v) is 12.9. The lowest BCUT2D eigenvalue weighted by Crippen LogP contribution is -3.12. The van der Waals surface area contributed by atoms with E-state index in [1.165, 1.54) is 19.1 Å². The van der Waals surface area contributed by atoms with Crippen LogP contribution in [0.2, 0.25) is 0 Å². The second kappa shape index (κ2) is 6.88. The van der Waals surface area contributed by atoms with E-state index in [1.54, 1.807) is 0 Å². The van der Waals surface area contributed by atoms with Crippen molar-refractivity contribution in [1.29, 1.82) is 0 Å². The van der Waals surface area contributed by atoms with E-state index in [-0.39, 0.29) is 10.6 Å². The lowest BCUT2D eigenvalue weighted by atomic mass is 10.1. The molecule has 0 amide bonds. The fraction of sp³-hybridized carbons (Fsp3) is 0.538. The van der Waals surface area contributed by atoms with E-state index < -0.39 is 11.9 Å². The first-order chi connectivity index (χ1) is 10.1. The number of nitrogen functional groups attached to an aromatic ring is 1. The van der Waals surface area contributed by atoms with Gasteiger partial charge in [0.1, 0.15) is 35.1 Å². The maximum atomic E-state index is 11.9. The molecule has 3 N–H and O–H groups in total. The molecule has 0 unspecified atom stereocenters. The predicted molar refractivity (Wildman–Crippen MR) is 76.6 cm³/mol. The third-order valence-corrected chi connectivity index (χ3v) is 4.46.